The Labute approximate surface area is 177 Å². The van der Waals surface area contributed by atoms with Gasteiger partial charge in [0.05, 0.1) is 6.61 Å². The maximum Gasteiger partial charge on any atom is 0.119 e. The summed E-state index contributed by atoms with van der Waals surface area (Å²) in [6.07, 6.45) is 12.3. The molecule has 0 N–H and O–H groups in total. The number of likely N-dealkylation sites (tertiary alicyclic amines) is 1. The molecule has 0 atom stereocenters. The van der Waals surface area contributed by atoms with E-state index in [1.165, 1.54) is 95.3 Å². The van der Waals surface area contributed by atoms with Gasteiger partial charge in [0.15, 0.2) is 0 Å². The number of benzene rings is 1. The van der Waals surface area contributed by atoms with Crippen molar-refractivity contribution in [2.24, 2.45) is 5.92 Å². The minimum absolute atomic E-state index is 0. The predicted molar refractivity (Wildman–Crippen MR) is 119 cm³/mol. The molecule has 1 aromatic rings. The van der Waals surface area contributed by atoms with Crippen LogP contribution in [-0.2, 0) is 6.42 Å². The van der Waals surface area contributed by atoms with Crippen LogP contribution in [0.15, 0.2) is 18.2 Å². The standard InChI is InChI=1S/C22H34N2O.2ClH/c1-4-12-23(13-5-1)14-6-16-25-21-9-10-22-20(17-21)11-15-24(22)18-19-7-2-3-8-19;;/h9-10,17,19H,1-8,11-16,18H2;2*1H. The summed E-state index contributed by atoms with van der Waals surface area (Å²) in [7, 11) is 0. The third kappa shape index (κ3) is 6.17. The molecule has 1 aromatic carbocycles. The van der Waals surface area contributed by atoms with Crippen molar-refractivity contribution in [1.82, 2.24) is 4.90 Å². The monoisotopic (exact) mass is 414 g/mol. The molecule has 3 aliphatic rings. The lowest BCUT2D eigenvalue weighted by molar-refractivity contribution is 0.205. The second-order valence-corrected chi connectivity index (χ2v) is 8.24. The summed E-state index contributed by atoms with van der Waals surface area (Å²) in [5.74, 6) is 2.00. The average molecular weight is 415 g/mol. The Morgan fingerprint density at radius 2 is 1.70 bits per heavy atom. The summed E-state index contributed by atoms with van der Waals surface area (Å²) >= 11 is 0. The second kappa shape index (κ2) is 11.4. The first-order valence-electron chi connectivity index (χ1n) is 10.6. The number of halogens is 2. The zero-order valence-electron chi connectivity index (χ0n) is 16.5. The van der Waals surface area contributed by atoms with Crippen LogP contribution in [0.1, 0.15) is 56.9 Å². The maximum absolute atomic E-state index is 6.05. The molecule has 0 radical (unpaired) electrons. The van der Waals surface area contributed by atoms with Gasteiger partial charge in [-0.1, -0.05) is 19.3 Å². The highest BCUT2D eigenvalue weighted by atomic mass is 35.5. The third-order valence-electron chi connectivity index (χ3n) is 6.33. The number of hydrogen-bond donors (Lipinski definition) is 0. The van der Waals surface area contributed by atoms with Gasteiger partial charge in [0.2, 0.25) is 0 Å². The SMILES string of the molecule is Cl.Cl.c1cc2c(cc1OCCCN1CCCCC1)CCN2CC1CCCC1. The summed E-state index contributed by atoms with van der Waals surface area (Å²) < 4.78 is 6.05. The van der Waals surface area contributed by atoms with Crippen molar-refractivity contribution in [3.63, 3.8) is 0 Å². The number of fused-ring (bicyclic) bond motifs is 1. The molecular weight excluding hydrogens is 379 g/mol. The highest BCUT2D eigenvalue weighted by Crippen LogP contribution is 2.34. The van der Waals surface area contributed by atoms with Gasteiger partial charge in [-0.25, -0.2) is 0 Å². The van der Waals surface area contributed by atoms with Crippen LogP contribution in [0.3, 0.4) is 0 Å². The Balaban J connectivity index is 0.00000131. The minimum Gasteiger partial charge on any atom is -0.494 e. The number of nitrogens with zero attached hydrogens (tertiary/aromatic N) is 2. The van der Waals surface area contributed by atoms with Crippen LogP contribution < -0.4 is 9.64 Å². The van der Waals surface area contributed by atoms with Crippen molar-refractivity contribution in [3.05, 3.63) is 23.8 Å². The molecule has 2 fully saturated rings. The van der Waals surface area contributed by atoms with Crippen LogP contribution in [-0.4, -0.2) is 44.2 Å². The van der Waals surface area contributed by atoms with E-state index in [0.29, 0.717) is 0 Å². The first-order valence-corrected chi connectivity index (χ1v) is 10.6. The van der Waals surface area contributed by atoms with E-state index in [1.807, 2.05) is 0 Å². The highest BCUT2D eigenvalue weighted by molar-refractivity contribution is 5.85. The molecule has 0 spiro atoms. The van der Waals surface area contributed by atoms with Crippen LogP contribution >= 0.6 is 24.8 Å². The van der Waals surface area contributed by atoms with Crippen LogP contribution in [0, 0.1) is 5.92 Å². The zero-order valence-corrected chi connectivity index (χ0v) is 18.2. The van der Waals surface area contributed by atoms with Gasteiger partial charge in [-0.3, -0.25) is 0 Å². The molecule has 1 saturated heterocycles. The smallest absolute Gasteiger partial charge is 0.119 e. The van der Waals surface area contributed by atoms with E-state index < -0.39 is 0 Å². The molecule has 0 unspecified atom stereocenters. The molecule has 3 nitrogen and oxygen atoms in total. The summed E-state index contributed by atoms with van der Waals surface area (Å²) in [6.45, 7) is 7.08. The third-order valence-corrected chi connectivity index (χ3v) is 6.33. The Kier molecular flexibility index (Phi) is 9.55. The van der Waals surface area contributed by atoms with Crippen molar-refractivity contribution in [3.8, 4) is 5.75 Å². The molecule has 1 saturated carbocycles. The van der Waals surface area contributed by atoms with Crippen molar-refractivity contribution in [1.29, 1.82) is 0 Å². The van der Waals surface area contributed by atoms with Crippen LogP contribution in [0.2, 0.25) is 0 Å². The van der Waals surface area contributed by atoms with E-state index >= 15 is 0 Å². The van der Waals surface area contributed by atoms with Gasteiger partial charge in [-0.05, 0) is 81.3 Å². The van der Waals surface area contributed by atoms with E-state index in [2.05, 4.69) is 28.0 Å². The lowest BCUT2D eigenvalue weighted by atomic mass is 10.1. The van der Waals surface area contributed by atoms with Crippen molar-refractivity contribution in [2.45, 2.75) is 57.8 Å². The number of piperidine rings is 1. The summed E-state index contributed by atoms with van der Waals surface area (Å²) in [6, 6.07) is 6.79. The molecule has 0 aromatic heterocycles. The van der Waals surface area contributed by atoms with Crippen molar-refractivity contribution in [2.75, 3.05) is 44.2 Å². The molecular formula is C22H36Cl2N2O. The topological polar surface area (TPSA) is 15.7 Å². The Morgan fingerprint density at radius 3 is 2.48 bits per heavy atom. The van der Waals surface area contributed by atoms with Gasteiger partial charge in [-0.2, -0.15) is 0 Å². The lowest BCUT2D eigenvalue weighted by Gasteiger charge is -2.26. The summed E-state index contributed by atoms with van der Waals surface area (Å²) in [4.78, 5) is 5.21. The zero-order chi connectivity index (χ0) is 16.9. The van der Waals surface area contributed by atoms with Gasteiger partial charge in [0, 0.05) is 25.3 Å². The highest BCUT2D eigenvalue weighted by Gasteiger charge is 2.24. The lowest BCUT2D eigenvalue weighted by Crippen LogP contribution is -2.31. The fraction of sp³-hybridized carbons (Fsp3) is 0.727. The predicted octanol–water partition coefficient (Wildman–Crippen LogP) is 5.34. The van der Waals surface area contributed by atoms with Gasteiger partial charge >= 0.3 is 0 Å². The number of ether oxygens (including phenoxy) is 1. The first-order chi connectivity index (χ1) is 12.4. The van der Waals surface area contributed by atoms with E-state index in [9.17, 15) is 0 Å². The van der Waals surface area contributed by atoms with E-state index in [4.69, 9.17) is 4.74 Å². The molecule has 154 valence electrons. The van der Waals surface area contributed by atoms with Gasteiger partial charge in [0.1, 0.15) is 5.75 Å². The van der Waals surface area contributed by atoms with Gasteiger partial charge < -0.3 is 14.5 Å². The molecule has 1 aliphatic carbocycles. The fourth-order valence-corrected chi connectivity index (χ4v) is 4.89. The van der Waals surface area contributed by atoms with Gasteiger partial charge in [0.25, 0.3) is 0 Å². The van der Waals surface area contributed by atoms with Crippen LogP contribution in [0.25, 0.3) is 0 Å². The van der Waals surface area contributed by atoms with Crippen LogP contribution in [0.4, 0.5) is 5.69 Å². The van der Waals surface area contributed by atoms with E-state index in [-0.39, 0.29) is 24.8 Å². The summed E-state index contributed by atoms with van der Waals surface area (Å²) in [5.41, 5.74) is 2.96. The quantitative estimate of drug-likeness (QED) is 0.560. The molecule has 0 bridgehead atoms. The Hall–Kier alpha value is -0.640. The van der Waals surface area contributed by atoms with Crippen LogP contribution in [0.5, 0.6) is 5.75 Å². The number of hydrogen-bond acceptors (Lipinski definition) is 3. The number of anilines is 1. The molecule has 27 heavy (non-hydrogen) atoms. The number of rotatable bonds is 7. The Bertz CT molecular complexity index is 557. The molecule has 0 amide bonds. The van der Waals surface area contributed by atoms with E-state index in [1.54, 1.807) is 0 Å². The first kappa shape index (κ1) is 22.6. The minimum atomic E-state index is 0. The second-order valence-electron chi connectivity index (χ2n) is 8.24. The molecule has 2 heterocycles. The van der Waals surface area contributed by atoms with Gasteiger partial charge in [-0.15, -0.1) is 24.8 Å². The average Bonchev–Trinajstić information content (AvgIpc) is 3.30. The largest absolute Gasteiger partial charge is 0.494 e. The van der Waals surface area contributed by atoms with Crippen molar-refractivity contribution < 1.29 is 4.74 Å². The Morgan fingerprint density at radius 1 is 0.926 bits per heavy atom. The van der Waals surface area contributed by atoms with Crippen molar-refractivity contribution >= 4 is 30.5 Å². The van der Waals surface area contributed by atoms with E-state index in [0.717, 1.165) is 24.7 Å². The molecule has 4 rings (SSSR count). The normalized spacial score (nSPS) is 20.1. The summed E-state index contributed by atoms with van der Waals surface area (Å²) in [5, 5.41) is 0. The molecule has 5 heteroatoms. The molecule has 2 aliphatic heterocycles. The maximum atomic E-state index is 6.05. The fourth-order valence-electron chi connectivity index (χ4n) is 4.89.